The Morgan fingerprint density at radius 2 is 1.80 bits per heavy atom. The third kappa shape index (κ3) is 3.72. The maximum Gasteiger partial charge on any atom is 0.326 e. The van der Waals surface area contributed by atoms with Gasteiger partial charge in [-0.1, -0.05) is 19.0 Å². The molecule has 0 aliphatic rings. The molecule has 0 bridgehead atoms. The molecule has 1 aromatic heterocycles. The van der Waals surface area contributed by atoms with Gasteiger partial charge in [-0.2, -0.15) is 0 Å². The van der Waals surface area contributed by atoms with Crippen molar-refractivity contribution >= 4 is 12.0 Å². The number of aliphatic carboxylic acids is 1. The minimum absolute atomic E-state index is 0.201. The van der Waals surface area contributed by atoms with E-state index >= 15 is 0 Å². The Balaban J connectivity index is 2.69. The van der Waals surface area contributed by atoms with Crippen LogP contribution in [0.15, 0.2) is 4.52 Å². The number of aromatic nitrogens is 1. The first-order valence-electron chi connectivity index (χ1n) is 6.46. The van der Waals surface area contributed by atoms with Crippen LogP contribution in [0.2, 0.25) is 0 Å². The van der Waals surface area contributed by atoms with Gasteiger partial charge in [0.2, 0.25) is 0 Å². The van der Waals surface area contributed by atoms with E-state index in [9.17, 15) is 9.59 Å². The molecule has 20 heavy (non-hydrogen) atoms. The summed E-state index contributed by atoms with van der Waals surface area (Å²) in [6, 6.07) is -1.77. The molecule has 7 heteroatoms. The number of nitrogens with zero attached hydrogens (tertiary/aromatic N) is 1. The number of hydrogen-bond acceptors (Lipinski definition) is 4. The highest BCUT2D eigenvalue weighted by Gasteiger charge is 2.25. The van der Waals surface area contributed by atoms with Crippen LogP contribution in [0.25, 0.3) is 0 Å². The SMILES string of the molecule is Cc1noc(C)c1C(C)NC(=O)N[C@H](C(=O)O)C(C)C. The van der Waals surface area contributed by atoms with Gasteiger partial charge in [0.25, 0.3) is 0 Å². The minimum atomic E-state index is -1.06. The topological polar surface area (TPSA) is 104 Å². The fourth-order valence-electron chi connectivity index (χ4n) is 2.07. The lowest BCUT2D eigenvalue weighted by atomic mass is 10.0. The average Bonchev–Trinajstić information content (AvgIpc) is 2.65. The summed E-state index contributed by atoms with van der Waals surface area (Å²) >= 11 is 0. The van der Waals surface area contributed by atoms with Crippen molar-refractivity contribution in [1.29, 1.82) is 0 Å². The van der Waals surface area contributed by atoms with E-state index in [4.69, 9.17) is 9.63 Å². The van der Waals surface area contributed by atoms with Crippen molar-refractivity contribution in [3.8, 4) is 0 Å². The predicted molar refractivity (Wildman–Crippen MR) is 72.3 cm³/mol. The zero-order valence-corrected chi connectivity index (χ0v) is 12.4. The van der Waals surface area contributed by atoms with Crippen molar-refractivity contribution in [3.63, 3.8) is 0 Å². The highest BCUT2D eigenvalue weighted by Crippen LogP contribution is 2.20. The van der Waals surface area contributed by atoms with Gasteiger partial charge < -0.3 is 20.3 Å². The van der Waals surface area contributed by atoms with E-state index in [1.54, 1.807) is 34.6 Å². The van der Waals surface area contributed by atoms with Gasteiger partial charge in [0.05, 0.1) is 11.7 Å². The smallest absolute Gasteiger partial charge is 0.326 e. The second-order valence-electron chi connectivity index (χ2n) is 5.14. The lowest BCUT2D eigenvalue weighted by molar-refractivity contribution is -0.140. The molecule has 7 nitrogen and oxygen atoms in total. The van der Waals surface area contributed by atoms with Crippen molar-refractivity contribution in [1.82, 2.24) is 15.8 Å². The summed E-state index contributed by atoms with van der Waals surface area (Å²) in [6.45, 7) is 8.81. The fourth-order valence-corrected chi connectivity index (χ4v) is 2.07. The number of carbonyl (C=O) groups excluding carboxylic acids is 1. The number of carbonyl (C=O) groups is 2. The first-order valence-corrected chi connectivity index (χ1v) is 6.46. The maximum absolute atomic E-state index is 11.9. The highest BCUT2D eigenvalue weighted by molar-refractivity contribution is 5.82. The number of carboxylic acids is 1. The third-order valence-corrected chi connectivity index (χ3v) is 3.09. The molecule has 0 fully saturated rings. The maximum atomic E-state index is 11.9. The van der Waals surface area contributed by atoms with Crippen LogP contribution in [-0.4, -0.2) is 28.3 Å². The van der Waals surface area contributed by atoms with Gasteiger partial charge in [0, 0.05) is 5.56 Å². The summed E-state index contributed by atoms with van der Waals surface area (Å²) in [5, 5.41) is 18.0. The summed E-state index contributed by atoms with van der Waals surface area (Å²) in [5.41, 5.74) is 1.51. The summed E-state index contributed by atoms with van der Waals surface area (Å²) in [4.78, 5) is 22.9. The Hall–Kier alpha value is -2.05. The molecular weight excluding hydrogens is 262 g/mol. The molecule has 0 saturated heterocycles. The molecule has 0 aliphatic carbocycles. The quantitative estimate of drug-likeness (QED) is 0.763. The molecule has 0 aromatic carbocycles. The molecule has 112 valence electrons. The second kappa shape index (κ2) is 6.40. The van der Waals surface area contributed by atoms with E-state index in [0.29, 0.717) is 11.5 Å². The summed E-state index contributed by atoms with van der Waals surface area (Å²) < 4.78 is 5.04. The Bertz CT molecular complexity index is 476. The molecule has 0 aliphatic heterocycles. The molecule has 0 spiro atoms. The molecule has 1 aromatic rings. The third-order valence-electron chi connectivity index (χ3n) is 3.09. The minimum Gasteiger partial charge on any atom is -0.480 e. The largest absolute Gasteiger partial charge is 0.480 e. The Morgan fingerprint density at radius 3 is 2.20 bits per heavy atom. The lowest BCUT2D eigenvalue weighted by Gasteiger charge is -2.20. The Kier molecular flexibility index (Phi) is 5.12. The monoisotopic (exact) mass is 283 g/mol. The summed E-state index contributed by atoms with van der Waals surface area (Å²) in [6.07, 6.45) is 0. The van der Waals surface area contributed by atoms with Crippen molar-refractivity contribution < 1.29 is 19.2 Å². The van der Waals surface area contributed by atoms with Gasteiger partial charge >= 0.3 is 12.0 Å². The number of carboxylic acid groups (broad SMARTS) is 1. The van der Waals surface area contributed by atoms with Gasteiger partial charge in [0.1, 0.15) is 11.8 Å². The molecular formula is C13H21N3O4. The number of urea groups is 1. The molecule has 0 saturated carbocycles. The molecule has 1 heterocycles. The van der Waals surface area contributed by atoms with Gasteiger partial charge in [-0.3, -0.25) is 0 Å². The van der Waals surface area contributed by atoms with E-state index in [0.717, 1.165) is 5.56 Å². The van der Waals surface area contributed by atoms with E-state index in [-0.39, 0.29) is 12.0 Å². The first kappa shape index (κ1) is 16.0. The van der Waals surface area contributed by atoms with Gasteiger partial charge in [-0.15, -0.1) is 0 Å². The van der Waals surface area contributed by atoms with Crippen LogP contribution >= 0.6 is 0 Å². The van der Waals surface area contributed by atoms with E-state index in [1.165, 1.54) is 0 Å². The summed E-state index contributed by atoms with van der Waals surface area (Å²) in [5.74, 6) is -0.623. The van der Waals surface area contributed by atoms with Crippen molar-refractivity contribution in [2.75, 3.05) is 0 Å². The number of rotatable bonds is 5. The van der Waals surface area contributed by atoms with E-state index in [1.807, 2.05) is 0 Å². The lowest BCUT2D eigenvalue weighted by Crippen LogP contribution is -2.49. The number of amides is 2. The highest BCUT2D eigenvalue weighted by atomic mass is 16.5. The molecule has 0 radical (unpaired) electrons. The van der Waals surface area contributed by atoms with Crippen LogP contribution in [0.5, 0.6) is 0 Å². The molecule has 2 amide bonds. The predicted octanol–water partition coefficient (Wildman–Crippen LogP) is 1.76. The second-order valence-corrected chi connectivity index (χ2v) is 5.14. The van der Waals surface area contributed by atoms with Crippen molar-refractivity contribution in [3.05, 3.63) is 17.0 Å². The number of aryl methyl sites for hydroxylation is 2. The molecule has 3 N–H and O–H groups in total. The zero-order valence-electron chi connectivity index (χ0n) is 12.4. The van der Waals surface area contributed by atoms with Gasteiger partial charge in [0.15, 0.2) is 0 Å². The Morgan fingerprint density at radius 1 is 1.20 bits per heavy atom. The Labute approximate surface area is 117 Å². The van der Waals surface area contributed by atoms with Crippen molar-refractivity contribution in [2.24, 2.45) is 5.92 Å². The zero-order chi connectivity index (χ0) is 15.4. The number of hydrogen-bond donors (Lipinski definition) is 3. The fraction of sp³-hybridized carbons (Fsp3) is 0.615. The van der Waals surface area contributed by atoms with Crippen LogP contribution < -0.4 is 10.6 Å². The van der Waals surface area contributed by atoms with Gasteiger partial charge in [-0.05, 0) is 26.7 Å². The van der Waals surface area contributed by atoms with E-state index in [2.05, 4.69) is 15.8 Å². The van der Waals surface area contributed by atoms with E-state index < -0.39 is 18.0 Å². The van der Waals surface area contributed by atoms with Crippen LogP contribution in [0, 0.1) is 19.8 Å². The van der Waals surface area contributed by atoms with Crippen LogP contribution in [-0.2, 0) is 4.79 Å². The normalized spacial score (nSPS) is 13.9. The molecule has 1 unspecified atom stereocenters. The summed E-state index contributed by atoms with van der Waals surface area (Å²) in [7, 11) is 0. The van der Waals surface area contributed by atoms with Crippen LogP contribution in [0.3, 0.4) is 0 Å². The van der Waals surface area contributed by atoms with Gasteiger partial charge in [-0.25, -0.2) is 9.59 Å². The van der Waals surface area contributed by atoms with Crippen LogP contribution in [0.1, 0.15) is 43.8 Å². The standard InChI is InChI=1S/C13H21N3O4/c1-6(2)11(12(17)18)15-13(19)14-7(3)10-8(4)16-20-9(10)5/h6-7,11H,1-5H3,(H,17,18)(H2,14,15,19)/t7?,11-/m0/s1. The average molecular weight is 283 g/mol. The molecule has 2 atom stereocenters. The molecule has 1 rings (SSSR count). The van der Waals surface area contributed by atoms with Crippen LogP contribution in [0.4, 0.5) is 4.79 Å². The van der Waals surface area contributed by atoms with Crippen molar-refractivity contribution in [2.45, 2.75) is 46.7 Å². The number of nitrogens with one attached hydrogen (secondary N) is 2. The first-order chi connectivity index (χ1) is 9.23.